The van der Waals surface area contributed by atoms with Crippen molar-refractivity contribution in [1.29, 1.82) is 0 Å². The van der Waals surface area contributed by atoms with Gasteiger partial charge in [-0.1, -0.05) is 32.6 Å². The molecule has 0 atom stereocenters. The third-order valence-electron chi connectivity index (χ3n) is 2.25. The highest BCUT2D eigenvalue weighted by Crippen LogP contribution is 2.10. The van der Waals surface area contributed by atoms with Crippen LogP contribution in [0.25, 0.3) is 0 Å². The van der Waals surface area contributed by atoms with E-state index >= 15 is 0 Å². The Bertz CT molecular complexity index is 416. The predicted molar refractivity (Wildman–Crippen MR) is 61.9 cm³/mol. The largest absolute Gasteiger partial charge is 0.298 e. The van der Waals surface area contributed by atoms with E-state index in [-0.39, 0.29) is 5.16 Å². The van der Waals surface area contributed by atoms with Gasteiger partial charge in [-0.3, -0.25) is 5.10 Å². The quantitative estimate of drug-likeness (QED) is 0.606. The molecule has 7 heteroatoms. The Hall–Kier alpha value is -0.620. The minimum absolute atomic E-state index is 0.335. The first-order valence-corrected chi connectivity index (χ1v) is 7.71. The van der Waals surface area contributed by atoms with E-state index in [0.29, 0.717) is 12.2 Å². The monoisotopic (exact) mass is 265 g/mol. The number of unbranched alkanes of at least 4 members (excludes halogenated alkanes) is 4. The Labute approximate surface area is 100 Å². The molecule has 0 fully saturated rings. The van der Waals surface area contributed by atoms with Gasteiger partial charge >= 0.3 is 0 Å². The van der Waals surface area contributed by atoms with E-state index in [0.717, 1.165) is 12.8 Å². The lowest BCUT2D eigenvalue weighted by atomic mass is 10.1. The van der Waals surface area contributed by atoms with Crippen molar-refractivity contribution in [2.24, 2.45) is 0 Å². The van der Waals surface area contributed by atoms with Crippen LogP contribution in [0.4, 0.5) is 0 Å². The van der Waals surface area contributed by atoms with Gasteiger partial charge in [0.05, 0.1) is 0 Å². The molecule has 0 unspecified atom stereocenters. The van der Waals surface area contributed by atoms with E-state index in [9.17, 15) is 8.42 Å². The molecule has 0 radical (unpaired) electrons. The molecule has 0 aliphatic rings. The molecule has 92 valence electrons. The molecule has 0 spiro atoms. The van der Waals surface area contributed by atoms with E-state index < -0.39 is 9.05 Å². The molecule has 0 aromatic carbocycles. The van der Waals surface area contributed by atoms with E-state index in [1.165, 1.54) is 19.3 Å². The third kappa shape index (κ3) is 4.49. The summed E-state index contributed by atoms with van der Waals surface area (Å²) >= 11 is 0. The number of nitrogens with one attached hydrogen (secondary N) is 1. The van der Waals surface area contributed by atoms with Gasteiger partial charge in [0.15, 0.2) is 0 Å². The van der Waals surface area contributed by atoms with Gasteiger partial charge in [0.25, 0.3) is 14.2 Å². The van der Waals surface area contributed by atoms with Crippen LogP contribution in [0.1, 0.15) is 44.9 Å². The average Bonchev–Trinajstić information content (AvgIpc) is 2.65. The molecule has 1 rings (SSSR count). The normalized spacial score (nSPS) is 11.9. The summed E-state index contributed by atoms with van der Waals surface area (Å²) in [6.07, 6.45) is 6.46. The minimum atomic E-state index is -3.80. The Balaban J connectivity index is 2.36. The van der Waals surface area contributed by atoms with Crippen LogP contribution in [0.5, 0.6) is 0 Å². The van der Waals surface area contributed by atoms with Gasteiger partial charge in [-0.05, 0) is 6.42 Å². The summed E-state index contributed by atoms with van der Waals surface area (Å²) in [5.74, 6) is 0.579. The summed E-state index contributed by atoms with van der Waals surface area (Å²) < 4.78 is 21.8. The molecule has 16 heavy (non-hydrogen) atoms. The Kier molecular flexibility index (Phi) is 5.21. The first-order chi connectivity index (χ1) is 7.54. The zero-order valence-electron chi connectivity index (χ0n) is 9.24. The van der Waals surface area contributed by atoms with Crippen molar-refractivity contribution in [3.05, 3.63) is 5.82 Å². The molecule has 1 aromatic rings. The lowest BCUT2D eigenvalue weighted by molar-refractivity contribution is 0.601. The summed E-state index contributed by atoms with van der Waals surface area (Å²) in [5.41, 5.74) is 0. The van der Waals surface area contributed by atoms with Gasteiger partial charge in [-0.25, -0.2) is 13.4 Å². The van der Waals surface area contributed by atoms with Crippen molar-refractivity contribution < 1.29 is 8.42 Å². The van der Waals surface area contributed by atoms with E-state index in [1.807, 2.05) is 0 Å². The van der Waals surface area contributed by atoms with Crippen LogP contribution in [0.2, 0.25) is 0 Å². The molecule has 0 aliphatic heterocycles. The van der Waals surface area contributed by atoms with Crippen molar-refractivity contribution in [3.63, 3.8) is 0 Å². The zero-order chi connectivity index (χ0) is 12.0. The van der Waals surface area contributed by atoms with Crippen LogP contribution < -0.4 is 0 Å². The molecule has 0 aliphatic carbocycles. The Morgan fingerprint density at radius 1 is 1.25 bits per heavy atom. The molecular formula is C9H16ClN3O2S. The zero-order valence-corrected chi connectivity index (χ0v) is 10.8. The summed E-state index contributed by atoms with van der Waals surface area (Å²) in [4.78, 5) is 3.81. The van der Waals surface area contributed by atoms with Crippen LogP contribution in [-0.2, 0) is 15.5 Å². The van der Waals surface area contributed by atoms with Gasteiger partial charge in [0.2, 0.25) is 0 Å². The number of aromatic amines is 1. The molecule has 0 amide bonds. The standard InChI is InChI=1S/C9H16ClN3O2S/c1-2-3-4-5-6-7-8-11-9(13-12-8)16(10,14)15/h2-7H2,1H3,(H,11,12,13). The highest BCUT2D eigenvalue weighted by atomic mass is 35.7. The number of aromatic nitrogens is 3. The van der Waals surface area contributed by atoms with Gasteiger partial charge in [0.1, 0.15) is 5.82 Å². The number of nitrogens with zero attached hydrogens (tertiary/aromatic N) is 2. The Morgan fingerprint density at radius 2 is 1.94 bits per heavy atom. The second kappa shape index (κ2) is 6.20. The second-order valence-corrected chi connectivity index (χ2v) is 6.13. The topological polar surface area (TPSA) is 75.7 Å². The van der Waals surface area contributed by atoms with Gasteiger partial charge in [-0.2, -0.15) is 0 Å². The van der Waals surface area contributed by atoms with Crippen LogP contribution in [0.15, 0.2) is 5.16 Å². The smallest absolute Gasteiger partial charge is 0.262 e. The van der Waals surface area contributed by atoms with E-state index in [1.54, 1.807) is 0 Å². The van der Waals surface area contributed by atoms with Crippen molar-refractivity contribution in [1.82, 2.24) is 15.2 Å². The number of H-pyrrole nitrogens is 1. The van der Waals surface area contributed by atoms with Crippen LogP contribution in [0.3, 0.4) is 0 Å². The van der Waals surface area contributed by atoms with E-state index in [2.05, 4.69) is 22.1 Å². The maximum absolute atomic E-state index is 10.9. The highest BCUT2D eigenvalue weighted by molar-refractivity contribution is 8.13. The number of hydrogen-bond donors (Lipinski definition) is 1. The average molecular weight is 266 g/mol. The molecule has 1 heterocycles. The summed E-state index contributed by atoms with van der Waals surface area (Å²) in [6.45, 7) is 2.16. The third-order valence-corrected chi connectivity index (χ3v) is 3.28. The van der Waals surface area contributed by atoms with Crippen LogP contribution >= 0.6 is 10.7 Å². The van der Waals surface area contributed by atoms with Crippen molar-refractivity contribution in [2.75, 3.05) is 0 Å². The molecule has 5 nitrogen and oxygen atoms in total. The molecule has 0 saturated carbocycles. The molecule has 1 N–H and O–H groups in total. The maximum atomic E-state index is 10.9. The van der Waals surface area contributed by atoms with Crippen LogP contribution in [0, 0.1) is 0 Å². The summed E-state index contributed by atoms with van der Waals surface area (Å²) in [5, 5.41) is 5.79. The highest BCUT2D eigenvalue weighted by Gasteiger charge is 2.16. The lowest BCUT2D eigenvalue weighted by Crippen LogP contribution is -1.93. The Morgan fingerprint density at radius 3 is 2.50 bits per heavy atom. The fraction of sp³-hybridized carbons (Fsp3) is 0.778. The minimum Gasteiger partial charge on any atom is -0.262 e. The molecule has 1 aromatic heterocycles. The molecular weight excluding hydrogens is 250 g/mol. The summed E-state index contributed by atoms with van der Waals surface area (Å²) in [6, 6.07) is 0. The van der Waals surface area contributed by atoms with Crippen molar-refractivity contribution >= 4 is 19.7 Å². The SMILES string of the molecule is CCCCCCCc1nc(S(=O)(=O)Cl)n[nH]1. The fourth-order valence-corrected chi connectivity index (χ4v) is 1.98. The number of halogens is 1. The second-order valence-electron chi connectivity index (χ2n) is 3.67. The van der Waals surface area contributed by atoms with Gasteiger partial charge in [-0.15, -0.1) is 5.10 Å². The maximum Gasteiger partial charge on any atom is 0.298 e. The first-order valence-electron chi connectivity index (χ1n) is 5.40. The van der Waals surface area contributed by atoms with Gasteiger partial charge < -0.3 is 0 Å². The number of hydrogen-bond acceptors (Lipinski definition) is 4. The van der Waals surface area contributed by atoms with Crippen molar-refractivity contribution in [2.45, 2.75) is 50.6 Å². The van der Waals surface area contributed by atoms with Gasteiger partial charge in [0, 0.05) is 17.1 Å². The first kappa shape index (κ1) is 13.4. The lowest BCUT2D eigenvalue weighted by Gasteiger charge is -1.96. The summed E-state index contributed by atoms with van der Waals surface area (Å²) in [7, 11) is 1.30. The van der Waals surface area contributed by atoms with E-state index in [4.69, 9.17) is 10.7 Å². The predicted octanol–water partition coefficient (Wildman–Crippen LogP) is 2.25. The molecule has 0 saturated heterocycles. The van der Waals surface area contributed by atoms with Crippen molar-refractivity contribution in [3.8, 4) is 0 Å². The fourth-order valence-electron chi connectivity index (χ4n) is 1.39. The van der Waals surface area contributed by atoms with Crippen LogP contribution in [-0.4, -0.2) is 23.6 Å². The number of aryl methyl sites for hydroxylation is 1. The molecule has 0 bridgehead atoms. The number of rotatable bonds is 7.